The van der Waals surface area contributed by atoms with E-state index in [1.165, 1.54) is 28.4 Å². The highest BCUT2D eigenvalue weighted by Crippen LogP contribution is 2.33. The number of likely N-dealkylation sites (tertiary alicyclic amines) is 1. The lowest BCUT2D eigenvalue weighted by molar-refractivity contribution is -0.0675. The zero-order valence-electron chi connectivity index (χ0n) is 17.7. The van der Waals surface area contributed by atoms with E-state index in [9.17, 15) is 17.6 Å². The van der Waals surface area contributed by atoms with Gasteiger partial charge in [0.05, 0.1) is 25.9 Å². The van der Waals surface area contributed by atoms with E-state index in [-0.39, 0.29) is 36.3 Å². The van der Waals surface area contributed by atoms with Crippen molar-refractivity contribution in [3.63, 3.8) is 0 Å². The molecular formula is C20H20F4N8O. The summed E-state index contributed by atoms with van der Waals surface area (Å²) in [6, 6.07) is 0.578. The van der Waals surface area contributed by atoms with Crippen LogP contribution in [0.4, 0.5) is 23.5 Å². The standard InChI is InChI=1S/C20H20F4N8O/c1-30-5-4-14(20(23,24)10-30)27-18-28-17(33-2)15-12(3-6-32(15)29-18)11-7-25-19-26-8-13(16(21)22)31(19)9-11/h3,6-9,14,16H,4-5,10H2,1-2H3,(H,27,29). The Morgan fingerprint density at radius 1 is 1.24 bits per heavy atom. The molecule has 0 radical (unpaired) electrons. The molecule has 1 aliphatic rings. The van der Waals surface area contributed by atoms with Crippen molar-refractivity contribution in [3.8, 4) is 17.0 Å². The van der Waals surface area contributed by atoms with E-state index in [4.69, 9.17) is 4.74 Å². The molecule has 0 spiro atoms. The van der Waals surface area contributed by atoms with Gasteiger partial charge in [0.1, 0.15) is 11.2 Å². The number of anilines is 1. The molecule has 0 amide bonds. The van der Waals surface area contributed by atoms with Gasteiger partial charge in [0.2, 0.25) is 17.6 Å². The van der Waals surface area contributed by atoms with Crippen LogP contribution in [0.5, 0.6) is 5.88 Å². The fourth-order valence-corrected chi connectivity index (χ4v) is 4.06. The maximum Gasteiger partial charge on any atom is 0.280 e. The van der Waals surface area contributed by atoms with Crippen molar-refractivity contribution < 1.29 is 22.3 Å². The summed E-state index contributed by atoms with van der Waals surface area (Å²) in [4.78, 5) is 13.9. The molecule has 1 N–H and O–H groups in total. The predicted molar refractivity (Wildman–Crippen MR) is 111 cm³/mol. The SMILES string of the molecule is COc1nc(NC2CCN(C)CC2(F)F)nn2ccc(-c3cnc4ncc(C(F)F)n4c3)c12. The lowest BCUT2D eigenvalue weighted by Gasteiger charge is -2.36. The van der Waals surface area contributed by atoms with Crippen LogP contribution in [-0.2, 0) is 0 Å². The highest BCUT2D eigenvalue weighted by molar-refractivity contribution is 5.84. The minimum atomic E-state index is -2.95. The molecule has 4 aromatic rings. The third kappa shape index (κ3) is 3.71. The third-order valence-corrected chi connectivity index (χ3v) is 5.69. The van der Waals surface area contributed by atoms with Crippen molar-refractivity contribution in [2.75, 3.05) is 32.6 Å². The first kappa shape index (κ1) is 21.4. The number of imidazole rings is 1. The monoisotopic (exact) mass is 464 g/mol. The predicted octanol–water partition coefficient (Wildman–Crippen LogP) is 3.14. The number of nitrogens with zero attached hydrogens (tertiary/aromatic N) is 7. The first-order valence-corrected chi connectivity index (χ1v) is 10.1. The molecule has 5 rings (SSSR count). The fraction of sp³-hybridized carbons (Fsp3) is 0.400. The van der Waals surface area contributed by atoms with Crippen molar-refractivity contribution >= 4 is 17.2 Å². The van der Waals surface area contributed by atoms with Crippen molar-refractivity contribution in [1.82, 2.24) is 33.9 Å². The highest BCUT2D eigenvalue weighted by Gasteiger charge is 2.44. The normalized spacial score (nSPS) is 18.9. The number of alkyl halides is 4. The Kier molecular flexibility index (Phi) is 5.07. The van der Waals surface area contributed by atoms with Gasteiger partial charge in [0.25, 0.3) is 12.3 Å². The quantitative estimate of drug-likeness (QED) is 0.454. The molecule has 0 aliphatic carbocycles. The molecule has 1 fully saturated rings. The van der Waals surface area contributed by atoms with Crippen LogP contribution in [0.1, 0.15) is 18.5 Å². The summed E-state index contributed by atoms with van der Waals surface area (Å²) < 4.78 is 63.6. The average Bonchev–Trinajstić information content (AvgIpc) is 3.38. The van der Waals surface area contributed by atoms with Crippen LogP contribution in [0.2, 0.25) is 0 Å². The molecule has 1 saturated heterocycles. The van der Waals surface area contributed by atoms with Crippen LogP contribution in [0.3, 0.4) is 0 Å². The summed E-state index contributed by atoms with van der Waals surface area (Å²) in [5.74, 6) is -2.66. The molecule has 9 nitrogen and oxygen atoms in total. The smallest absolute Gasteiger partial charge is 0.280 e. The number of fused-ring (bicyclic) bond motifs is 2. The highest BCUT2D eigenvalue weighted by atomic mass is 19.3. The van der Waals surface area contributed by atoms with Gasteiger partial charge in [0.15, 0.2) is 0 Å². The second-order valence-corrected chi connectivity index (χ2v) is 7.95. The van der Waals surface area contributed by atoms with E-state index in [1.54, 1.807) is 24.2 Å². The summed E-state index contributed by atoms with van der Waals surface area (Å²) in [7, 11) is 3.05. The zero-order valence-corrected chi connectivity index (χ0v) is 17.7. The van der Waals surface area contributed by atoms with Crippen molar-refractivity contribution in [3.05, 3.63) is 36.5 Å². The van der Waals surface area contributed by atoms with Gasteiger partial charge in [-0.15, -0.1) is 5.10 Å². The number of methoxy groups -OCH3 is 1. The molecule has 4 aromatic heterocycles. The Hall–Kier alpha value is -3.48. The molecule has 1 atom stereocenters. The molecule has 33 heavy (non-hydrogen) atoms. The van der Waals surface area contributed by atoms with E-state index < -0.39 is 18.4 Å². The Morgan fingerprint density at radius 3 is 2.76 bits per heavy atom. The van der Waals surface area contributed by atoms with Gasteiger partial charge in [0, 0.05) is 36.3 Å². The number of halogens is 4. The molecule has 0 aromatic carbocycles. The lowest BCUT2D eigenvalue weighted by atomic mass is 10.0. The van der Waals surface area contributed by atoms with E-state index in [0.29, 0.717) is 23.2 Å². The van der Waals surface area contributed by atoms with Crippen LogP contribution < -0.4 is 10.1 Å². The number of piperidine rings is 1. The maximum absolute atomic E-state index is 14.5. The molecule has 5 heterocycles. The van der Waals surface area contributed by atoms with Gasteiger partial charge in [-0.1, -0.05) is 0 Å². The third-order valence-electron chi connectivity index (χ3n) is 5.69. The molecule has 174 valence electrons. The second-order valence-electron chi connectivity index (χ2n) is 7.95. The number of rotatable bonds is 5. The summed E-state index contributed by atoms with van der Waals surface area (Å²) in [6.45, 7) is 0.159. The maximum atomic E-state index is 14.5. The van der Waals surface area contributed by atoms with Crippen molar-refractivity contribution in [2.24, 2.45) is 0 Å². The molecule has 0 bridgehead atoms. The minimum absolute atomic E-state index is 0.00102. The topological polar surface area (TPSA) is 84.9 Å². The summed E-state index contributed by atoms with van der Waals surface area (Å²) >= 11 is 0. The largest absolute Gasteiger partial charge is 0.479 e. The van der Waals surface area contributed by atoms with E-state index in [2.05, 4.69) is 25.4 Å². The first-order valence-electron chi connectivity index (χ1n) is 10.1. The number of nitrogens with one attached hydrogen (secondary N) is 1. The van der Waals surface area contributed by atoms with Crippen LogP contribution in [0.15, 0.2) is 30.9 Å². The van der Waals surface area contributed by atoms with Gasteiger partial charge in [-0.3, -0.25) is 4.40 Å². The van der Waals surface area contributed by atoms with E-state index >= 15 is 0 Å². The van der Waals surface area contributed by atoms with Gasteiger partial charge < -0.3 is 15.0 Å². The van der Waals surface area contributed by atoms with Gasteiger partial charge in [-0.05, 0) is 19.5 Å². The van der Waals surface area contributed by atoms with Crippen LogP contribution in [0, 0.1) is 0 Å². The Labute approximate surface area is 185 Å². The Balaban J connectivity index is 1.54. The molecule has 1 unspecified atom stereocenters. The van der Waals surface area contributed by atoms with Gasteiger partial charge in [-0.25, -0.2) is 32.0 Å². The minimum Gasteiger partial charge on any atom is -0.479 e. The average molecular weight is 464 g/mol. The molecule has 13 heteroatoms. The van der Waals surface area contributed by atoms with E-state index in [1.807, 2.05) is 0 Å². The molecule has 0 saturated carbocycles. The molecular weight excluding hydrogens is 444 g/mol. The second kappa shape index (κ2) is 7.83. The van der Waals surface area contributed by atoms with Crippen molar-refractivity contribution in [1.29, 1.82) is 0 Å². The number of aromatic nitrogens is 6. The first-order chi connectivity index (χ1) is 15.8. The van der Waals surface area contributed by atoms with Crippen LogP contribution >= 0.6 is 0 Å². The van der Waals surface area contributed by atoms with Gasteiger partial charge in [-0.2, -0.15) is 4.98 Å². The fourth-order valence-electron chi connectivity index (χ4n) is 4.06. The van der Waals surface area contributed by atoms with Crippen molar-refractivity contribution in [2.45, 2.75) is 24.8 Å². The van der Waals surface area contributed by atoms with Crippen LogP contribution in [0.25, 0.3) is 22.4 Å². The number of ether oxygens (including phenoxy) is 1. The Morgan fingerprint density at radius 2 is 2.03 bits per heavy atom. The lowest BCUT2D eigenvalue weighted by Crippen LogP contribution is -2.53. The van der Waals surface area contributed by atoms with Gasteiger partial charge >= 0.3 is 0 Å². The number of hydrogen-bond acceptors (Lipinski definition) is 7. The summed E-state index contributed by atoms with van der Waals surface area (Å²) in [5, 5.41) is 7.06. The number of hydrogen-bond donors (Lipinski definition) is 1. The zero-order chi connectivity index (χ0) is 23.3. The summed E-state index contributed by atoms with van der Waals surface area (Å²) in [5.41, 5.74) is 1.25. The van der Waals surface area contributed by atoms with E-state index in [0.717, 1.165) is 6.20 Å². The summed E-state index contributed by atoms with van der Waals surface area (Å²) in [6.07, 6.45) is 3.20. The van der Waals surface area contributed by atoms with Crippen LogP contribution in [-0.4, -0.2) is 73.1 Å². The Bertz CT molecular complexity index is 1320. The molecule has 1 aliphatic heterocycles.